The highest BCUT2D eigenvalue weighted by Crippen LogP contribution is 2.13. The zero-order valence-electron chi connectivity index (χ0n) is 6.95. The standard InChI is InChI=1S/C8H11NO3/c1-3-6(2)12-9-7(10)4-5-8(9)11/h3,6H,1,4-5H2,2H3. The van der Waals surface area contributed by atoms with Gasteiger partial charge >= 0.3 is 0 Å². The Morgan fingerprint density at radius 1 is 1.50 bits per heavy atom. The van der Waals surface area contributed by atoms with Crippen molar-refractivity contribution in [3.8, 4) is 0 Å². The van der Waals surface area contributed by atoms with Crippen LogP contribution in [0.5, 0.6) is 0 Å². The average Bonchev–Trinajstić information content (AvgIpc) is 2.35. The SMILES string of the molecule is C=CC(C)ON1C(=O)CCC1=O. The molecule has 0 saturated carbocycles. The molecule has 0 aliphatic carbocycles. The minimum atomic E-state index is -0.309. The lowest BCUT2D eigenvalue weighted by Gasteiger charge is -2.15. The van der Waals surface area contributed by atoms with Gasteiger partial charge in [-0.1, -0.05) is 6.08 Å². The van der Waals surface area contributed by atoms with Crippen LogP contribution in [0.2, 0.25) is 0 Å². The second-order valence-corrected chi connectivity index (χ2v) is 2.63. The molecule has 1 aliphatic rings. The first-order valence-electron chi connectivity index (χ1n) is 3.80. The summed E-state index contributed by atoms with van der Waals surface area (Å²) in [5.74, 6) is -0.539. The van der Waals surface area contributed by atoms with Gasteiger partial charge in [-0.3, -0.25) is 14.4 Å². The zero-order chi connectivity index (χ0) is 9.14. The van der Waals surface area contributed by atoms with Crippen molar-refractivity contribution in [1.82, 2.24) is 5.06 Å². The van der Waals surface area contributed by atoms with Crippen LogP contribution in [0.1, 0.15) is 19.8 Å². The van der Waals surface area contributed by atoms with Crippen LogP contribution >= 0.6 is 0 Å². The van der Waals surface area contributed by atoms with Crippen molar-refractivity contribution >= 4 is 11.8 Å². The maximum Gasteiger partial charge on any atom is 0.254 e. The molecular formula is C8H11NO3. The van der Waals surface area contributed by atoms with Gasteiger partial charge in [0.2, 0.25) is 0 Å². The summed E-state index contributed by atoms with van der Waals surface area (Å²) in [6.45, 7) is 5.19. The van der Waals surface area contributed by atoms with Crippen LogP contribution in [-0.4, -0.2) is 23.0 Å². The maximum absolute atomic E-state index is 11.0. The van der Waals surface area contributed by atoms with Crippen molar-refractivity contribution in [2.24, 2.45) is 0 Å². The molecule has 1 fully saturated rings. The van der Waals surface area contributed by atoms with Gasteiger partial charge in [0.25, 0.3) is 11.8 Å². The summed E-state index contributed by atoms with van der Waals surface area (Å²) in [4.78, 5) is 27.0. The summed E-state index contributed by atoms with van der Waals surface area (Å²) in [5, 5.41) is 0.826. The predicted molar refractivity (Wildman–Crippen MR) is 41.8 cm³/mol. The summed E-state index contributed by atoms with van der Waals surface area (Å²) in [6, 6.07) is 0. The van der Waals surface area contributed by atoms with Gasteiger partial charge in [0, 0.05) is 12.8 Å². The van der Waals surface area contributed by atoms with E-state index in [0.29, 0.717) is 0 Å². The molecule has 4 heteroatoms. The summed E-state index contributed by atoms with van der Waals surface area (Å²) in [5.41, 5.74) is 0. The number of imide groups is 1. The van der Waals surface area contributed by atoms with Gasteiger partial charge in [0.15, 0.2) is 0 Å². The lowest BCUT2D eigenvalue weighted by atomic mass is 10.4. The summed E-state index contributed by atoms with van der Waals surface area (Å²) in [6.07, 6.45) is 1.72. The third-order valence-electron chi connectivity index (χ3n) is 1.61. The molecule has 1 heterocycles. The Kier molecular flexibility index (Phi) is 2.60. The Balaban J connectivity index is 2.55. The van der Waals surface area contributed by atoms with Crippen LogP contribution < -0.4 is 0 Å². The molecule has 66 valence electrons. The van der Waals surface area contributed by atoms with Gasteiger partial charge < -0.3 is 0 Å². The molecule has 0 radical (unpaired) electrons. The molecule has 1 unspecified atom stereocenters. The second-order valence-electron chi connectivity index (χ2n) is 2.63. The topological polar surface area (TPSA) is 46.6 Å². The fourth-order valence-electron chi connectivity index (χ4n) is 0.883. The van der Waals surface area contributed by atoms with E-state index in [1.807, 2.05) is 0 Å². The van der Waals surface area contributed by atoms with E-state index in [0.717, 1.165) is 5.06 Å². The lowest BCUT2D eigenvalue weighted by molar-refractivity contribution is -0.194. The summed E-state index contributed by atoms with van der Waals surface area (Å²) in [7, 11) is 0. The molecule has 0 N–H and O–H groups in total. The minimum absolute atomic E-state index is 0.253. The Morgan fingerprint density at radius 3 is 2.42 bits per heavy atom. The Bertz CT molecular complexity index is 208. The highest BCUT2D eigenvalue weighted by molar-refractivity contribution is 6.00. The molecule has 1 rings (SSSR count). The van der Waals surface area contributed by atoms with E-state index in [9.17, 15) is 9.59 Å². The number of hydrogen-bond acceptors (Lipinski definition) is 3. The first-order chi connectivity index (χ1) is 5.65. The first kappa shape index (κ1) is 8.93. The molecule has 0 aromatic carbocycles. The molecule has 12 heavy (non-hydrogen) atoms. The molecular weight excluding hydrogens is 158 g/mol. The normalized spacial score (nSPS) is 19.9. The lowest BCUT2D eigenvalue weighted by Crippen LogP contribution is -2.32. The zero-order valence-corrected chi connectivity index (χ0v) is 6.95. The predicted octanol–water partition coefficient (Wildman–Crippen LogP) is 0.641. The van der Waals surface area contributed by atoms with Crippen molar-refractivity contribution in [3.05, 3.63) is 12.7 Å². The van der Waals surface area contributed by atoms with Crippen LogP contribution in [0, 0.1) is 0 Å². The maximum atomic E-state index is 11.0. The Hall–Kier alpha value is -1.16. The number of nitrogens with zero attached hydrogens (tertiary/aromatic N) is 1. The van der Waals surface area contributed by atoms with Crippen LogP contribution in [-0.2, 0) is 14.4 Å². The number of carbonyl (C=O) groups is 2. The molecule has 0 aromatic rings. The van der Waals surface area contributed by atoms with Gasteiger partial charge in [-0.15, -0.1) is 6.58 Å². The van der Waals surface area contributed by atoms with Crippen molar-refractivity contribution < 1.29 is 14.4 Å². The average molecular weight is 169 g/mol. The summed E-state index contributed by atoms with van der Waals surface area (Å²) >= 11 is 0. The monoisotopic (exact) mass is 169 g/mol. The van der Waals surface area contributed by atoms with Gasteiger partial charge in [-0.25, -0.2) is 0 Å². The fourth-order valence-corrected chi connectivity index (χ4v) is 0.883. The van der Waals surface area contributed by atoms with E-state index in [-0.39, 0.29) is 30.8 Å². The molecule has 0 aromatic heterocycles. The summed E-state index contributed by atoms with van der Waals surface area (Å²) < 4.78 is 0. The molecule has 1 aliphatic heterocycles. The van der Waals surface area contributed by atoms with E-state index >= 15 is 0 Å². The van der Waals surface area contributed by atoms with Gasteiger partial charge in [-0.05, 0) is 6.92 Å². The Morgan fingerprint density at radius 2 is 2.00 bits per heavy atom. The molecule has 0 bridgehead atoms. The first-order valence-corrected chi connectivity index (χ1v) is 3.80. The van der Waals surface area contributed by atoms with E-state index in [2.05, 4.69) is 6.58 Å². The van der Waals surface area contributed by atoms with Crippen molar-refractivity contribution in [2.75, 3.05) is 0 Å². The third kappa shape index (κ3) is 1.71. The molecule has 0 spiro atoms. The smallest absolute Gasteiger partial charge is 0.254 e. The molecule has 1 atom stereocenters. The van der Waals surface area contributed by atoms with E-state index < -0.39 is 0 Å². The van der Waals surface area contributed by atoms with Gasteiger partial charge in [0.1, 0.15) is 6.10 Å². The number of rotatable bonds is 3. The van der Waals surface area contributed by atoms with Gasteiger partial charge in [0.05, 0.1) is 0 Å². The largest absolute Gasteiger partial charge is 0.272 e. The van der Waals surface area contributed by atoms with Crippen LogP contribution in [0.3, 0.4) is 0 Å². The van der Waals surface area contributed by atoms with Crippen molar-refractivity contribution in [1.29, 1.82) is 0 Å². The number of hydrogen-bond donors (Lipinski definition) is 0. The fraction of sp³-hybridized carbons (Fsp3) is 0.500. The number of hydroxylamine groups is 2. The molecule has 1 saturated heterocycles. The molecule has 2 amide bonds. The van der Waals surface area contributed by atoms with Crippen LogP contribution in [0.25, 0.3) is 0 Å². The second kappa shape index (κ2) is 3.49. The molecule has 4 nitrogen and oxygen atoms in total. The van der Waals surface area contributed by atoms with E-state index in [4.69, 9.17) is 4.84 Å². The van der Waals surface area contributed by atoms with Crippen LogP contribution in [0.15, 0.2) is 12.7 Å². The number of amides is 2. The number of carbonyl (C=O) groups excluding carboxylic acids is 2. The quantitative estimate of drug-likeness (QED) is 0.460. The highest BCUT2D eigenvalue weighted by atomic mass is 16.7. The van der Waals surface area contributed by atoms with E-state index in [1.165, 1.54) is 6.08 Å². The third-order valence-corrected chi connectivity index (χ3v) is 1.61. The Labute approximate surface area is 70.7 Å². The highest BCUT2D eigenvalue weighted by Gasteiger charge is 2.30. The van der Waals surface area contributed by atoms with Gasteiger partial charge in [-0.2, -0.15) is 5.06 Å². The van der Waals surface area contributed by atoms with E-state index in [1.54, 1.807) is 6.92 Å². The van der Waals surface area contributed by atoms with Crippen LogP contribution in [0.4, 0.5) is 0 Å². The van der Waals surface area contributed by atoms with Crippen molar-refractivity contribution in [3.63, 3.8) is 0 Å². The van der Waals surface area contributed by atoms with Crippen molar-refractivity contribution in [2.45, 2.75) is 25.9 Å². The minimum Gasteiger partial charge on any atom is -0.272 e.